The molecule has 1 atom stereocenters. The summed E-state index contributed by atoms with van der Waals surface area (Å²) in [6, 6.07) is 11.6. The van der Waals surface area contributed by atoms with Crippen LogP contribution in [0.2, 0.25) is 0 Å². The van der Waals surface area contributed by atoms with E-state index in [4.69, 9.17) is 4.74 Å². The predicted molar refractivity (Wildman–Crippen MR) is 103 cm³/mol. The highest BCUT2D eigenvalue weighted by Gasteiger charge is 2.37. The number of aryl methyl sites for hydroxylation is 2. The molecule has 0 radical (unpaired) electrons. The summed E-state index contributed by atoms with van der Waals surface area (Å²) in [5.74, 6) is 0.596. The van der Waals surface area contributed by atoms with Gasteiger partial charge in [-0.2, -0.15) is 0 Å². The van der Waals surface area contributed by atoms with Gasteiger partial charge in [-0.05, 0) is 53.8 Å². The topological polar surface area (TPSA) is 76.4 Å². The van der Waals surface area contributed by atoms with Crippen molar-refractivity contribution in [3.63, 3.8) is 0 Å². The zero-order valence-corrected chi connectivity index (χ0v) is 15.5. The molecule has 1 aromatic heterocycles. The van der Waals surface area contributed by atoms with Crippen LogP contribution in [0.25, 0.3) is 11.0 Å². The van der Waals surface area contributed by atoms with E-state index in [1.165, 1.54) is 0 Å². The van der Waals surface area contributed by atoms with E-state index in [-0.39, 0.29) is 18.9 Å². The van der Waals surface area contributed by atoms with Crippen LogP contribution in [0.5, 0.6) is 5.75 Å². The van der Waals surface area contributed by atoms with Crippen LogP contribution in [0.3, 0.4) is 0 Å². The van der Waals surface area contributed by atoms with E-state index >= 15 is 0 Å². The number of methoxy groups -OCH3 is 1. The van der Waals surface area contributed by atoms with Gasteiger partial charge in [0.15, 0.2) is 0 Å². The van der Waals surface area contributed by atoms with Gasteiger partial charge in [-0.25, -0.2) is 4.98 Å². The summed E-state index contributed by atoms with van der Waals surface area (Å²) >= 11 is 0. The van der Waals surface area contributed by atoms with Crippen molar-refractivity contribution in [2.75, 3.05) is 13.7 Å². The lowest BCUT2D eigenvalue weighted by molar-refractivity contribution is -0.121. The number of carbonyl (C=O) groups excluding carboxylic acids is 1. The lowest BCUT2D eigenvalue weighted by Gasteiger charge is -2.25. The molecule has 2 N–H and O–H groups in total. The molecule has 0 aliphatic heterocycles. The molecule has 0 bridgehead atoms. The normalized spacial score (nSPS) is 18.5. The van der Waals surface area contributed by atoms with Crippen molar-refractivity contribution in [2.24, 2.45) is 7.05 Å². The third-order valence-corrected chi connectivity index (χ3v) is 5.36. The van der Waals surface area contributed by atoms with Crippen molar-refractivity contribution in [2.45, 2.75) is 24.9 Å². The maximum atomic E-state index is 12.4. The summed E-state index contributed by atoms with van der Waals surface area (Å²) in [6.07, 6.45) is 3.40. The molecule has 0 saturated carbocycles. The van der Waals surface area contributed by atoms with Gasteiger partial charge >= 0.3 is 0 Å². The summed E-state index contributed by atoms with van der Waals surface area (Å²) in [5, 5.41) is 13.9. The SMILES string of the molecule is COc1ccc2c(c1)C(O)(CNC(=O)Cc1ccc3c(c1)ncn3C)CC2. The average molecular weight is 365 g/mol. The van der Waals surface area contributed by atoms with Gasteiger partial charge in [0.05, 0.1) is 37.4 Å². The second kappa shape index (κ2) is 6.70. The van der Waals surface area contributed by atoms with Crippen molar-refractivity contribution >= 4 is 16.9 Å². The highest BCUT2D eigenvalue weighted by atomic mass is 16.5. The van der Waals surface area contributed by atoms with Crippen LogP contribution < -0.4 is 10.1 Å². The molecule has 4 rings (SSSR count). The molecule has 1 aliphatic carbocycles. The molecule has 27 heavy (non-hydrogen) atoms. The number of amides is 1. The van der Waals surface area contributed by atoms with E-state index in [9.17, 15) is 9.90 Å². The first-order valence-electron chi connectivity index (χ1n) is 9.05. The van der Waals surface area contributed by atoms with Gasteiger partial charge in [-0.1, -0.05) is 12.1 Å². The van der Waals surface area contributed by atoms with Crippen LogP contribution in [0, 0.1) is 0 Å². The van der Waals surface area contributed by atoms with Crippen molar-refractivity contribution in [3.05, 3.63) is 59.4 Å². The molecular formula is C21H23N3O3. The fraction of sp³-hybridized carbons (Fsp3) is 0.333. The number of ether oxygens (including phenoxy) is 1. The molecule has 1 amide bonds. The minimum absolute atomic E-state index is 0.116. The third-order valence-electron chi connectivity index (χ3n) is 5.36. The first-order chi connectivity index (χ1) is 13.0. The van der Waals surface area contributed by atoms with E-state index < -0.39 is 5.60 Å². The quantitative estimate of drug-likeness (QED) is 0.726. The zero-order valence-electron chi connectivity index (χ0n) is 15.5. The first-order valence-corrected chi connectivity index (χ1v) is 9.05. The fourth-order valence-electron chi connectivity index (χ4n) is 3.78. The smallest absolute Gasteiger partial charge is 0.224 e. The van der Waals surface area contributed by atoms with Crippen LogP contribution in [0.4, 0.5) is 0 Å². The van der Waals surface area contributed by atoms with Crippen LogP contribution in [0.15, 0.2) is 42.7 Å². The Labute approximate surface area is 157 Å². The predicted octanol–water partition coefficient (Wildman–Crippen LogP) is 2.07. The summed E-state index contributed by atoms with van der Waals surface area (Å²) < 4.78 is 7.21. The highest BCUT2D eigenvalue weighted by Crippen LogP contribution is 2.38. The van der Waals surface area contributed by atoms with Crippen molar-refractivity contribution in [3.8, 4) is 5.75 Å². The van der Waals surface area contributed by atoms with E-state index in [1.807, 2.05) is 48.0 Å². The molecule has 1 unspecified atom stereocenters. The molecule has 1 aliphatic rings. The largest absolute Gasteiger partial charge is 0.497 e. The van der Waals surface area contributed by atoms with Gasteiger partial charge < -0.3 is 19.7 Å². The van der Waals surface area contributed by atoms with Gasteiger partial charge in [0.25, 0.3) is 0 Å². The van der Waals surface area contributed by atoms with Crippen LogP contribution in [-0.2, 0) is 30.3 Å². The lowest BCUT2D eigenvalue weighted by atomic mass is 9.95. The summed E-state index contributed by atoms with van der Waals surface area (Å²) in [5.41, 5.74) is 3.71. The van der Waals surface area contributed by atoms with Gasteiger partial charge in [0.1, 0.15) is 11.4 Å². The van der Waals surface area contributed by atoms with E-state index in [0.29, 0.717) is 12.2 Å². The Balaban J connectivity index is 1.43. The number of hydrogen-bond acceptors (Lipinski definition) is 4. The highest BCUT2D eigenvalue weighted by molar-refractivity contribution is 5.81. The third kappa shape index (κ3) is 3.28. The monoisotopic (exact) mass is 365 g/mol. The van der Waals surface area contributed by atoms with Crippen LogP contribution in [-0.4, -0.2) is 34.2 Å². The number of aliphatic hydroxyl groups is 1. The number of nitrogens with zero attached hydrogens (tertiary/aromatic N) is 2. The number of imidazole rings is 1. The van der Waals surface area contributed by atoms with Gasteiger partial charge in [0.2, 0.25) is 5.91 Å². The number of benzene rings is 2. The van der Waals surface area contributed by atoms with E-state index in [2.05, 4.69) is 10.3 Å². The van der Waals surface area contributed by atoms with Gasteiger partial charge in [-0.15, -0.1) is 0 Å². The van der Waals surface area contributed by atoms with Crippen molar-refractivity contribution in [1.29, 1.82) is 0 Å². The maximum Gasteiger partial charge on any atom is 0.224 e. The molecule has 2 aromatic carbocycles. The molecular weight excluding hydrogens is 342 g/mol. The molecule has 6 heteroatoms. The number of aromatic nitrogens is 2. The van der Waals surface area contributed by atoms with Crippen molar-refractivity contribution < 1.29 is 14.6 Å². The summed E-state index contributed by atoms with van der Waals surface area (Å²) in [6.45, 7) is 0.192. The molecule has 6 nitrogen and oxygen atoms in total. The average Bonchev–Trinajstić information content (AvgIpc) is 3.20. The van der Waals surface area contributed by atoms with Crippen molar-refractivity contribution in [1.82, 2.24) is 14.9 Å². The Kier molecular flexibility index (Phi) is 4.36. The Hall–Kier alpha value is -2.86. The fourth-order valence-corrected chi connectivity index (χ4v) is 3.78. The molecule has 0 saturated heterocycles. The molecule has 140 valence electrons. The van der Waals surface area contributed by atoms with Crippen LogP contribution in [0.1, 0.15) is 23.1 Å². The lowest BCUT2D eigenvalue weighted by Crippen LogP contribution is -2.39. The maximum absolute atomic E-state index is 12.4. The molecule has 3 aromatic rings. The van der Waals surface area contributed by atoms with E-state index in [1.54, 1.807) is 13.4 Å². The Morgan fingerprint density at radius 1 is 1.33 bits per heavy atom. The Morgan fingerprint density at radius 3 is 3.00 bits per heavy atom. The van der Waals surface area contributed by atoms with Gasteiger partial charge in [-0.3, -0.25) is 4.79 Å². The zero-order chi connectivity index (χ0) is 19.0. The number of nitrogens with one attached hydrogen (secondary N) is 1. The molecule has 0 spiro atoms. The summed E-state index contributed by atoms with van der Waals surface area (Å²) in [7, 11) is 3.55. The number of rotatable bonds is 5. The second-order valence-electron chi connectivity index (χ2n) is 7.19. The Morgan fingerprint density at radius 2 is 2.19 bits per heavy atom. The summed E-state index contributed by atoms with van der Waals surface area (Å²) in [4.78, 5) is 16.7. The number of hydrogen-bond donors (Lipinski definition) is 2. The second-order valence-corrected chi connectivity index (χ2v) is 7.19. The minimum atomic E-state index is -1.05. The van der Waals surface area contributed by atoms with Crippen LogP contribution >= 0.6 is 0 Å². The first kappa shape index (κ1) is 17.5. The van der Waals surface area contributed by atoms with Gasteiger partial charge in [0, 0.05) is 7.05 Å². The number of fused-ring (bicyclic) bond motifs is 2. The Bertz CT molecular complexity index is 1010. The number of carbonyl (C=O) groups is 1. The minimum Gasteiger partial charge on any atom is -0.497 e. The van der Waals surface area contributed by atoms with E-state index in [0.717, 1.165) is 34.1 Å². The molecule has 0 fully saturated rings. The molecule has 1 heterocycles. The standard InChI is InChI=1S/C21H23N3O3/c1-24-13-23-18-9-14(3-6-19(18)24)10-20(25)22-12-21(26)8-7-15-4-5-16(27-2)11-17(15)21/h3-6,9,11,13,26H,7-8,10,12H2,1-2H3,(H,22,25).